The van der Waals surface area contributed by atoms with Crippen molar-refractivity contribution in [3.8, 4) is 0 Å². The summed E-state index contributed by atoms with van der Waals surface area (Å²) in [6.07, 6.45) is 7.74. The van der Waals surface area contributed by atoms with E-state index >= 15 is 0 Å². The van der Waals surface area contributed by atoms with Crippen molar-refractivity contribution in [2.24, 2.45) is 5.92 Å². The van der Waals surface area contributed by atoms with E-state index in [0.717, 1.165) is 31.8 Å². The molecule has 0 unspecified atom stereocenters. The highest BCUT2D eigenvalue weighted by molar-refractivity contribution is 5.61. The molecule has 22 heavy (non-hydrogen) atoms. The van der Waals surface area contributed by atoms with Crippen molar-refractivity contribution in [2.45, 2.75) is 44.6 Å². The summed E-state index contributed by atoms with van der Waals surface area (Å²) in [5.74, 6) is 0.903. The molecule has 0 amide bonds. The van der Waals surface area contributed by atoms with E-state index in [0.29, 0.717) is 11.7 Å². The molecule has 1 aliphatic carbocycles. The quantitative estimate of drug-likeness (QED) is 0.666. The smallest absolute Gasteiger partial charge is 0.292 e. The topological polar surface area (TPSA) is 58.4 Å². The Bertz CT molecular complexity index is 506. The molecule has 0 atom stereocenters. The van der Waals surface area contributed by atoms with Crippen LogP contribution in [0.4, 0.5) is 11.4 Å². The molecule has 5 heteroatoms. The third-order valence-electron chi connectivity index (χ3n) is 5.04. The van der Waals surface area contributed by atoms with Gasteiger partial charge in [-0.1, -0.05) is 25.0 Å². The van der Waals surface area contributed by atoms with Gasteiger partial charge in [0.15, 0.2) is 0 Å². The maximum atomic E-state index is 11.1. The lowest BCUT2D eigenvalue weighted by atomic mass is 10.0. The molecule has 1 N–H and O–H groups in total. The van der Waals surface area contributed by atoms with E-state index in [2.05, 4.69) is 10.2 Å². The molecule has 1 heterocycles. The van der Waals surface area contributed by atoms with Crippen LogP contribution in [0, 0.1) is 16.0 Å². The molecule has 0 bridgehead atoms. The number of nitro benzene ring substituents is 1. The van der Waals surface area contributed by atoms with Crippen LogP contribution in [0.5, 0.6) is 0 Å². The number of nitrogens with one attached hydrogen (secondary N) is 1. The summed E-state index contributed by atoms with van der Waals surface area (Å²) in [5.41, 5.74) is 0.831. The monoisotopic (exact) mass is 303 g/mol. The lowest BCUT2D eigenvalue weighted by Crippen LogP contribution is -2.41. The van der Waals surface area contributed by atoms with E-state index in [9.17, 15) is 10.1 Å². The van der Waals surface area contributed by atoms with E-state index < -0.39 is 0 Å². The van der Waals surface area contributed by atoms with Crippen molar-refractivity contribution < 1.29 is 4.92 Å². The number of hydrogen-bond acceptors (Lipinski definition) is 4. The molecular weight excluding hydrogens is 278 g/mol. The second kappa shape index (κ2) is 7.09. The molecule has 2 fully saturated rings. The fourth-order valence-electron chi connectivity index (χ4n) is 3.79. The zero-order chi connectivity index (χ0) is 15.4. The number of hydrogen-bond donors (Lipinski definition) is 1. The minimum absolute atomic E-state index is 0.177. The molecule has 1 saturated heterocycles. The molecule has 1 aromatic rings. The van der Waals surface area contributed by atoms with Crippen LogP contribution in [-0.2, 0) is 0 Å². The Kier molecular flexibility index (Phi) is 4.93. The molecule has 2 aliphatic rings. The van der Waals surface area contributed by atoms with Gasteiger partial charge in [-0.15, -0.1) is 0 Å². The van der Waals surface area contributed by atoms with Gasteiger partial charge < -0.3 is 10.2 Å². The van der Waals surface area contributed by atoms with Crippen LogP contribution in [0.25, 0.3) is 0 Å². The third kappa shape index (κ3) is 3.77. The van der Waals surface area contributed by atoms with Crippen LogP contribution in [0.2, 0.25) is 0 Å². The Morgan fingerprint density at radius 1 is 1.14 bits per heavy atom. The average Bonchev–Trinajstić information content (AvgIpc) is 3.02. The second-order valence-corrected chi connectivity index (χ2v) is 6.64. The molecular formula is C17H25N3O2. The van der Waals surface area contributed by atoms with Crippen LogP contribution >= 0.6 is 0 Å². The molecule has 1 saturated carbocycles. The number of anilines is 1. The van der Waals surface area contributed by atoms with Crippen molar-refractivity contribution in [3.05, 3.63) is 34.4 Å². The fraction of sp³-hybridized carbons (Fsp3) is 0.647. The second-order valence-electron chi connectivity index (χ2n) is 6.64. The van der Waals surface area contributed by atoms with E-state index in [4.69, 9.17) is 0 Å². The van der Waals surface area contributed by atoms with Crippen molar-refractivity contribution in [1.29, 1.82) is 0 Å². The molecule has 0 aromatic heterocycles. The minimum Gasteiger partial charge on any atom is -0.377 e. The lowest BCUT2D eigenvalue weighted by molar-refractivity contribution is -0.384. The molecule has 120 valence electrons. The number of benzene rings is 1. The van der Waals surface area contributed by atoms with Gasteiger partial charge >= 0.3 is 0 Å². The predicted molar refractivity (Wildman–Crippen MR) is 88.1 cm³/mol. The van der Waals surface area contributed by atoms with Crippen molar-refractivity contribution in [3.63, 3.8) is 0 Å². The zero-order valence-corrected chi connectivity index (χ0v) is 13.0. The predicted octanol–water partition coefficient (Wildman–Crippen LogP) is 3.66. The lowest BCUT2D eigenvalue weighted by Gasteiger charge is -2.34. The SMILES string of the molecule is O=[N+]([O-])c1ccccc1NC1CCN(CC2CCCC2)CC1. The van der Waals surface area contributed by atoms with Gasteiger partial charge in [0.1, 0.15) is 5.69 Å². The summed E-state index contributed by atoms with van der Waals surface area (Å²) in [7, 11) is 0. The van der Waals surface area contributed by atoms with Gasteiger partial charge in [0, 0.05) is 31.7 Å². The molecule has 3 rings (SSSR count). The maximum Gasteiger partial charge on any atom is 0.292 e. The standard InChI is InChI=1S/C17H25N3O2/c21-20(22)17-8-4-3-7-16(17)18-15-9-11-19(12-10-15)13-14-5-1-2-6-14/h3-4,7-8,14-15,18H,1-2,5-6,9-13H2. The van der Waals surface area contributed by atoms with E-state index in [1.165, 1.54) is 32.2 Å². The van der Waals surface area contributed by atoms with E-state index in [1.807, 2.05) is 12.1 Å². The highest BCUT2D eigenvalue weighted by atomic mass is 16.6. The highest BCUT2D eigenvalue weighted by Gasteiger charge is 2.24. The molecule has 1 aromatic carbocycles. The van der Waals surface area contributed by atoms with Crippen molar-refractivity contribution in [1.82, 2.24) is 4.90 Å². The molecule has 5 nitrogen and oxygen atoms in total. The van der Waals surface area contributed by atoms with Crippen LogP contribution in [-0.4, -0.2) is 35.5 Å². The highest BCUT2D eigenvalue weighted by Crippen LogP contribution is 2.28. The van der Waals surface area contributed by atoms with Gasteiger partial charge in [0.25, 0.3) is 5.69 Å². The summed E-state index contributed by atoms with van der Waals surface area (Å²) >= 11 is 0. The zero-order valence-electron chi connectivity index (χ0n) is 13.0. The van der Waals surface area contributed by atoms with Crippen LogP contribution in [0.3, 0.4) is 0 Å². The van der Waals surface area contributed by atoms with Gasteiger partial charge in [-0.2, -0.15) is 0 Å². The first-order chi connectivity index (χ1) is 10.7. The fourth-order valence-corrected chi connectivity index (χ4v) is 3.79. The van der Waals surface area contributed by atoms with Gasteiger partial charge in [0.2, 0.25) is 0 Å². The number of para-hydroxylation sites is 2. The average molecular weight is 303 g/mol. The Morgan fingerprint density at radius 3 is 2.50 bits per heavy atom. The number of piperidine rings is 1. The van der Waals surface area contributed by atoms with E-state index in [1.54, 1.807) is 12.1 Å². The summed E-state index contributed by atoms with van der Waals surface area (Å²) in [6.45, 7) is 3.46. The number of nitrogens with zero attached hydrogens (tertiary/aromatic N) is 2. The van der Waals surface area contributed by atoms with Crippen molar-refractivity contribution >= 4 is 11.4 Å². The first-order valence-corrected chi connectivity index (χ1v) is 8.44. The van der Waals surface area contributed by atoms with Gasteiger partial charge in [0.05, 0.1) is 4.92 Å². The first-order valence-electron chi connectivity index (χ1n) is 8.44. The Hall–Kier alpha value is -1.62. The summed E-state index contributed by atoms with van der Waals surface area (Å²) in [5, 5.41) is 14.4. The number of rotatable bonds is 5. The maximum absolute atomic E-state index is 11.1. The molecule has 1 aliphatic heterocycles. The summed E-state index contributed by atoms with van der Waals surface area (Å²) < 4.78 is 0. The Balaban J connectivity index is 1.50. The molecule has 0 radical (unpaired) electrons. The van der Waals surface area contributed by atoms with Crippen LogP contribution in [0.15, 0.2) is 24.3 Å². The third-order valence-corrected chi connectivity index (χ3v) is 5.04. The summed E-state index contributed by atoms with van der Waals surface area (Å²) in [4.78, 5) is 13.3. The minimum atomic E-state index is -0.308. The number of nitro groups is 1. The van der Waals surface area contributed by atoms with E-state index in [-0.39, 0.29) is 10.6 Å². The van der Waals surface area contributed by atoms with Crippen LogP contribution in [0.1, 0.15) is 38.5 Å². The largest absolute Gasteiger partial charge is 0.377 e. The van der Waals surface area contributed by atoms with Crippen LogP contribution < -0.4 is 5.32 Å². The molecule has 0 spiro atoms. The Morgan fingerprint density at radius 2 is 1.82 bits per heavy atom. The van der Waals surface area contributed by atoms with Gasteiger partial charge in [-0.05, 0) is 37.7 Å². The normalized spacial score (nSPS) is 21.1. The summed E-state index contributed by atoms with van der Waals surface area (Å²) in [6, 6.07) is 7.29. The number of likely N-dealkylation sites (tertiary alicyclic amines) is 1. The van der Waals surface area contributed by atoms with Crippen molar-refractivity contribution in [2.75, 3.05) is 25.0 Å². The Labute approximate surface area is 131 Å². The van der Waals surface area contributed by atoms with Gasteiger partial charge in [-0.3, -0.25) is 10.1 Å². The first kappa shape index (κ1) is 15.3. The van der Waals surface area contributed by atoms with Gasteiger partial charge in [-0.25, -0.2) is 0 Å².